The summed E-state index contributed by atoms with van der Waals surface area (Å²) in [6.45, 7) is 2.09. The topological polar surface area (TPSA) is 29.1 Å². The summed E-state index contributed by atoms with van der Waals surface area (Å²) in [6, 6.07) is 6.67. The third-order valence-corrected chi connectivity index (χ3v) is 3.90. The minimum absolute atomic E-state index is 0.189. The highest BCUT2D eigenvalue weighted by molar-refractivity contribution is 9.10. The van der Waals surface area contributed by atoms with Crippen molar-refractivity contribution >= 4 is 21.8 Å². The van der Waals surface area contributed by atoms with Crippen molar-refractivity contribution in [2.45, 2.75) is 45.1 Å². The molecule has 1 N–H and O–H groups in total. The number of hydrogen-bond acceptors (Lipinski definition) is 1. The molecule has 1 aromatic carbocycles. The van der Waals surface area contributed by atoms with Crippen LogP contribution >= 0.6 is 15.9 Å². The van der Waals surface area contributed by atoms with E-state index in [4.69, 9.17) is 0 Å². The minimum atomic E-state index is 0.189. The third kappa shape index (κ3) is 3.56. The second-order valence-corrected chi connectivity index (χ2v) is 5.68. The van der Waals surface area contributed by atoms with E-state index in [-0.39, 0.29) is 5.91 Å². The van der Waals surface area contributed by atoms with Crippen LogP contribution in [0.4, 0.5) is 0 Å². The van der Waals surface area contributed by atoms with Gasteiger partial charge in [-0.3, -0.25) is 4.79 Å². The number of hydrogen-bond donors (Lipinski definition) is 1. The van der Waals surface area contributed by atoms with Crippen molar-refractivity contribution in [1.29, 1.82) is 0 Å². The Morgan fingerprint density at radius 3 is 2.88 bits per heavy atom. The predicted octanol–water partition coefficient (Wildman–Crippen LogP) is 3.36. The Morgan fingerprint density at radius 1 is 1.47 bits per heavy atom. The van der Waals surface area contributed by atoms with Gasteiger partial charge in [0.25, 0.3) is 0 Å². The first-order valence-electron chi connectivity index (χ1n) is 6.19. The minimum Gasteiger partial charge on any atom is -0.353 e. The van der Waals surface area contributed by atoms with Gasteiger partial charge < -0.3 is 5.32 Å². The fourth-order valence-electron chi connectivity index (χ4n) is 2.01. The first-order valence-corrected chi connectivity index (χ1v) is 6.99. The molecule has 0 aliphatic heterocycles. The first-order chi connectivity index (χ1) is 8.15. The van der Waals surface area contributed by atoms with Gasteiger partial charge in [-0.2, -0.15) is 0 Å². The highest BCUT2D eigenvalue weighted by Gasteiger charge is 2.19. The maximum Gasteiger partial charge on any atom is 0.220 e. The van der Waals surface area contributed by atoms with Crippen LogP contribution in [-0.4, -0.2) is 11.9 Å². The number of benzene rings is 1. The normalized spacial score (nSPS) is 15.4. The second-order valence-electron chi connectivity index (χ2n) is 4.77. The molecule has 2 nitrogen and oxygen atoms in total. The number of nitrogens with one attached hydrogen (secondary N) is 1. The van der Waals surface area contributed by atoms with Crippen molar-refractivity contribution in [2.24, 2.45) is 0 Å². The molecule has 0 bridgehead atoms. The van der Waals surface area contributed by atoms with Crippen molar-refractivity contribution in [3.8, 4) is 0 Å². The van der Waals surface area contributed by atoms with E-state index in [1.165, 1.54) is 17.5 Å². The van der Waals surface area contributed by atoms with Gasteiger partial charge in [0.15, 0.2) is 0 Å². The molecule has 1 saturated carbocycles. The van der Waals surface area contributed by atoms with E-state index in [2.05, 4.69) is 40.3 Å². The zero-order valence-corrected chi connectivity index (χ0v) is 11.7. The van der Waals surface area contributed by atoms with Crippen LogP contribution in [0.3, 0.4) is 0 Å². The van der Waals surface area contributed by atoms with E-state index in [0.29, 0.717) is 12.5 Å². The van der Waals surface area contributed by atoms with Gasteiger partial charge in [-0.25, -0.2) is 0 Å². The lowest BCUT2D eigenvalue weighted by atomic mass is 9.93. The molecule has 1 aliphatic carbocycles. The molecule has 0 radical (unpaired) electrons. The van der Waals surface area contributed by atoms with Gasteiger partial charge in [0, 0.05) is 16.9 Å². The molecule has 2 rings (SSSR count). The molecule has 0 aromatic heterocycles. The Labute approximate surface area is 111 Å². The molecule has 1 aromatic rings. The van der Waals surface area contributed by atoms with Crippen molar-refractivity contribution in [2.75, 3.05) is 0 Å². The van der Waals surface area contributed by atoms with Gasteiger partial charge in [-0.1, -0.05) is 22.0 Å². The smallest absolute Gasteiger partial charge is 0.220 e. The summed E-state index contributed by atoms with van der Waals surface area (Å²) in [5, 5.41) is 3.07. The zero-order chi connectivity index (χ0) is 12.3. The number of carbonyl (C=O) groups excluding carboxylic acids is 1. The molecule has 0 unspecified atom stereocenters. The van der Waals surface area contributed by atoms with Gasteiger partial charge in [-0.05, 0) is 55.9 Å². The standard InChI is InChI=1S/C14H18BrNO/c1-10-5-7-12(15)9-11(10)6-8-14(17)16-13-3-2-4-13/h5,7,9,13H,2-4,6,8H2,1H3,(H,16,17). The van der Waals surface area contributed by atoms with E-state index in [9.17, 15) is 4.79 Å². The quantitative estimate of drug-likeness (QED) is 0.907. The fourth-order valence-corrected chi connectivity index (χ4v) is 2.42. The highest BCUT2D eigenvalue weighted by Crippen LogP contribution is 2.19. The molecule has 0 heterocycles. The van der Waals surface area contributed by atoms with Crippen LogP contribution in [0.2, 0.25) is 0 Å². The fraction of sp³-hybridized carbons (Fsp3) is 0.500. The lowest BCUT2D eigenvalue weighted by molar-refractivity contribution is -0.122. The molecule has 0 spiro atoms. The monoisotopic (exact) mass is 295 g/mol. The summed E-state index contributed by atoms with van der Waals surface area (Å²) in [7, 11) is 0. The number of rotatable bonds is 4. The van der Waals surface area contributed by atoms with Crippen LogP contribution < -0.4 is 5.32 Å². The average molecular weight is 296 g/mol. The van der Waals surface area contributed by atoms with Gasteiger partial charge in [-0.15, -0.1) is 0 Å². The van der Waals surface area contributed by atoms with Gasteiger partial charge in [0.2, 0.25) is 5.91 Å². The molecule has 1 aliphatic rings. The summed E-state index contributed by atoms with van der Waals surface area (Å²) in [5.41, 5.74) is 2.51. The molecule has 3 heteroatoms. The summed E-state index contributed by atoms with van der Waals surface area (Å²) in [5.74, 6) is 0.189. The molecular weight excluding hydrogens is 278 g/mol. The third-order valence-electron chi connectivity index (χ3n) is 3.40. The predicted molar refractivity (Wildman–Crippen MR) is 73.0 cm³/mol. The first kappa shape index (κ1) is 12.6. The lowest BCUT2D eigenvalue weighted by Crippen LogP contribution is -2.39. The van der Waals surface area contributed by atoms with E-state index in [1.54, 1.807) is 0 Å². The molecule has 0 atom stereocenters. The van der Waals surface area contributed by atoms with Crippen LogP contribution in [-0.2, 0) is 11.2 Å². The summed E-state index contributed by atoms with van der Waals surface area (Å²) >= 11 is 3.46. The van der Waals surface area contributed by atoms with Crippen LogP contribution in [0, 0.1) is 6.92 Å². The second kappa shape index (κ2) is 5.67. The van der Waals surface area contributed by atoms with E-state index >= 15 is 0 Å². The Hall–Kier alpha value is -0.830. The van der Waals surface area contributed by atoms with Crippen molar-refractivity contribution in [3.05, 3.63) is 33.8 Å². The van der Waals surface area contributed by atoms with Crippen LogP contribution in [0.1, 0.15) is 36.8 Å². The summed E-state index contributed by atoms with van der Waals surface area (Å²) < 4.78 is 1.08. The van der Waals surface area contributed by atoms with Crippen molar-refractivity contribution in [1.82, 2.24) is 5.32 Å². The molecule has 92 valence electrons. The summed E-state index contributed by atoms with van der Waals surface area (Å²) in [4.78, 5) is 11.7. The van der Waals surface area contributed by atoms with Crippen LogP contribution in [0.25, 0.3) is 0 Å². The Balaban J connectivity index is 1.83. The highest BCUT2D eigenvalue weighted by atomic mass is 79.9. The van der Waals surface area contributed by atoms with Crippen molar-refractivity contribution in [3.63, 3.8) is 0 Å². The SMILES string of the molecule is Cc1ccc(Br)cc1CCC(=O)NC1CCC1. The largest absolute Gasteiger partial charge is 0.353 e. The van der Waals surface area contributed by atoms with Crippen LogP contribution in [0.15, 0.2) is 22.7 Å². The maximum atomic E-state index is 11.7. The van der Waals surface area contributed by atoms with Crippen LogP contribution in [0.5, 0.6) is 0 Å². The number of halogens is 1. The molecule has 1 fully saturated rings. The van der Waals surface area contributed by atoms with E-state index in [1.807, 2.05) is 6.07 Å². The number of carbonyl (C=O) groups is 1. The molecule has 0 saturated heterocycles. The average Bonchev–Trinajstić information content (AvgIpc) is 2.25. The van der Waals surface area contributed by atoms with E-state index < -0.39 is 0 Å². The number of amides is 1. The summed E-state index contributed by atoms with van der Waals surface area (Å²) in [6.07, 6.45) is 4.98. The molecule has 1 amide bonds. The Kier molecular flexibility index (Phi) is 4.21. The molecule has 17 heavy (non-hydrogen) atoms. The maximum absolute atomic E-state index is 11.7. The van der Waals surface area contributed by atoms with Gasteiger partial charge in [0.05, 0.1) is 0 Å². The van der Waals surface area contributed by atoms with Gasteiger partial charge >= 0.3 is 0 Å². The van der Waals surface area contributed by atoms with Crippen molar-refractivity contribution < 1.29 is 4.79 Å². The molecular formula is C14H18BrNO. The van der Waals surface area contributed by atoms with Gasteiger partial charge in [0.1, 0.15) is 0 Å². The van der Waals surface area contributed by atoms with E-state index in [0.717, 1.165) is 23.7 Å². The number of aryl methyl sites for hydroxylation is 2. The Bertz CT molecular complexity index is 413. The zero-order valence-electron chi connectivity index (χ0n) is 10.1. The lowest BCUT2D eigenvalue weighted by Gasteiger charge is -2.26. The Morgan fingerprint density at radius 2 is 2.24 bits per heavy atom.